The van der Waals surface area contributed by atoms with Crippen molar-refractivity contribution in [3.8, 4) is 0 Å². The predicted octanol–water partition coefficient (Wildman–Crippen LogP) is 4.05. The molecule has 20 heavy (non-hydrogen) atoms. The van der Waals surface area contributed by atoms with Gasteiger partial charge in [-0.15, -0.1) is 0 Å². The molecular weight excluding hydrogens is 246 g/mol. The van der Waals surface area contributed by atoms with E-state index < -0.39 is 0 Å². The van der Waals surface area contributed by atoms with Crippen LogP contribution in [0.2, 0.25) is 0 Å². The number of rotatable bonds is 2. The minimum atomic E-state index is 0.403. The number of nitrogens with zero attached hydrogens (tertiary/aromatic N) is 1. The van der Waals surface area contributed by atoms with Crippen molar-refractivity contribution in [2.75, 3.05) is 5.32 Å². The van der Waals surface area contributed by atoms with E-state index in [-0.39, 0.29) is 0 Å². The number of nitrogens with one attached hydrogen (secondary N) is 2. The normalized spacial score (nSPS) is 17.9. The summed E-state index contributed by atoms with van der Waals surface area (Å²) < 4.78 is 0. The van der Waals surface area contributed by atoms with Crippen molar-refractivity contribution < 1.29 is 0 Å². The van der Waals surface area contributed by atoms with Crippen LogP contribution < -0.4 is 5.32 Å². The fourth-order valence-corrected chi connectivity index (χ4v) is 3.19. The summed E-state index contributed by atoms with van der Waals surface area (Å²) in [6, 6.07) is 15.4. The molecule has 1 aliphatic carbocycles. The minimum Gasteiger partial charge on any atom is -0.378 e. The van der Waals surface area contributed by atoms with Crippen LogP contribution in [-0.4, -0.2) is 10.2 Å². The summed E-state index contributed by atoms with van der Waals surface area (Å²) in [6.07, 6.45) is 5.53. The van der Waals surface area contributed by atoms with Gasteiger partial charge in [-0.25, -0.2) is 0 Å². The second-order valence-electron chi connectivity index (χ2n) is 5.42. The van der Waals surface area contributed by atoms with Crippen LogP contribution >= 0.6 is 0 Å². The number of aryl methyl sites for hydroxylation is 1. The number of aromatic amines is 1. The Morgan fingerprint density at radius 1 is 1.10 bits per heavy atom. The van der Waals surface area contributed by atoms with Gasteiger partial charge in [0, 0.05) is 11.1 Å². The Morgan fingerprint density at radius 2 is 2.05 bits per heavy atom. The van der Waals surface area contributed by atoms with Gasteiger partial charge in [-0.2, -0.15) is 5.10 Å². The van der Waals surface area contributed by atoms with Gasteiger partial charge in [-0.1, -0.05) is 30.3 Å². The van der Waals surface area contributed by atoms with E-state index in [0.717, 1.165) is 16.6 Å². The lowest BCUT2D eigenvalue weighted by molar-refractivity contribution is 0.601. The Hall–Kier alpha value is -2.29. The monoisotopic (exact) mass is 263 g/mol. The summed E-state index contributed by atoms with van der Waals surface area (Å²) in [5, 5.41) is 12.0. The van der Waals surface area contributed by atoms with E-state index >= 15 is 0 Å². The molecule has 1 heterocycles. The Bertz CT molecular complexity index is 745. The van der Waals surface area contributed by atoms with Gasteiger partial charge in [-0.05, 0) is 42.5 Å². The van der Waals surface area contributed by atoms with Gasteiger partial charge in [0.1, 0.15) is 0 Å². The first-order valence-corrected chi connectivity index (χ1v) is 7.18. The lowest BCUT2D eigenvalue weighted by atomic mass is 9.87. The summed E-state index contributed by atoms with van der Waals surface area (Å²) >= 11 is 0. The first kappa shape index (κ1) is 11.5. The lowest BCUT2D eigenvalue weighted by Gasteiger charge is -2.27. The maximum atomic E-state index is 4.13. The Kier molecular flexibility index (Phi) is 2.69. The number of H-pyrrole nitrogens is 1. The van der Waals surface area contributed by atoms with Gasteiger partial charge in [0.25, 0.3) is 0 Å². The van der Waals surface area contributed by atoms with E-state index in [0.29, 0.717) is 6.04 Å². The minimum absolute atomic E-state index is 0.403. The van der Waals surface area contributed by atoms with E-state index in [1.165, 1.54) is 30.4 Å². The fourth-order valence-electron chi connectivity index (χ4n) is 3.19. The molecule has 2 N–H and O–H groups in total. The summed E-state index contributed by atoms with van der Waals surface area (Å²) in [5.74, 6) is 0. The summed E-state index contributed by atoms with van der Waals surface area (Å²) in [4.78, 5) is 0. The first-order valence-electron chi connectivity index (χ1n) is 7.18. The molecule has 1 aliphatic rings. The quantitative estimate of drug-likeness (QED) is 0.732. The average Bonchev–Trinajstić information content (AvgIpc) is 2.97. The third-order valence-electron chi connectivity index (χ3n) is 4.18. The maximum Gasteiger partial charge on any atom is 0.0671 e. The molecule has 0 amide bonds. The van der Waals surface area contributed by atoms with Crippen LogP contribution in [0.15, 0.2) is 48.7 Å². The third kappa shape index (κ3) is 1.86. The van der Waals surface area contributed by atoms with Crippen molar-refractivity contribution in [3.05, 3.63) is 59.8 Å². The fraction of sp³-hybridized carbons (Fsp3) is 0.235. The molecule has 100 valence electrons. The van der Waals surface area contributed by atoms with Crippen LogP contribution in [-0.2, 0) is 6.42 Å². The van der Waals surface area contributed by atoms with Crippen molar-refractivity contribution in [2.45, 2.75) is 25.3 Å². The van der Waals surface area contributed by atoms with Gasteiger partial charge >= 0.3 is 0 Å². The van der Waals surface area contributed by atoms with Crippen LogP contribution in [0.1, 0.15) is 30.0 Å². The zero-order valence-corrected chi connectivity index (χ0v) is 11.3. The van der Waals surface area contributed by atoms with Gasteiger partial charge in [-0.3, -0.25) is 5.10 Å². The predicted molar refractivity (Wildman–Crippen MR) is 81.8 cm³/mol. The van der Waals surface area contributed by atoms with Crippen molar-refractivity contribution in [3.63, 3.8) is 0 Å². The van der Waals surface area contributed by atoms with Crippen molar-refractivity contribution >= 4 is 16.6 Å². The molecule has 0 saturated carbocycles. The van der Waals surface area contributed by atoms with E-state index in [2.05, 4.69) is 58.0 Å². The molecule has 3 aromatic rings. The lowest BCUT2D eigenvalue weighted by Crippen LogP contribution is -2.17. The molecule has 0 bridgehead atoms. The SMILES string of the molecule is c1ccc2c(c1)CCCC2Nc1cccc2[nH]ncc12. The molecule has 3 nitrogen and oxygen atoms in total. The number of hydrogen-bond acceptors (Lipinski definition) is 2. The number of hydrogen-bond donors (Lipinski definition) is 2. The Labute approximate surface area is 118 Å². The molecule has 0 spiro atoms. The zero-order valence-electron chi connectivity index (χ0n) is 11.3. The molecule has 1 aromatic heterocycles. The van der Waals surface area contributed by atoms with E-state index in [9.17, 15) is 0 Å². The number of anilines is 1. The largest absolute Gasteiger partial charge is 0.378 e. The van der Waals surface area contributed by atoms with Crippen LogP contribution in [0, 0.1) is 0 Å². The summed E-state index contributed by atoms with van der Waals surface area (Å²) in [6.45, 7) is 0. The second kappa shape index (κ2) is 4.67. The van der Waals surface area contributed by atoms with E-state index in [4.69, 9.17) is 0 Å². The zero-order chi connectivity index (χ0) is 13.4. The van der Waals surface area contributed by atoms with Crippen LogP contribution in [0.25, 0.3) is 10.9 Å². The summed E-state index contributed by atoms with van der Waals surface area (Å²) in [7, 11) is 0. The number of benzene rings is 2. The maximum absolute atomic E-state index is 4.13. The highest BCUT2D eigenvalue weighted by atomic mass is 15.1. The Balaban J connectivity index is 1.72. The highest BCUT2D eigenvalue weighted by Crippen LogP contribution is 2.34. The molecule has 1 atom stereocenters. The third-order valence-corrected chi connectivity index (χ3v) is 4.18. The molecule has 3 heteroatoms. The van der Waals surface area contributed by atoms with Gasteiger partial charge < -0.3 is 5.32 Å². The van der Waals surface area contributed by atoms with Gasteiger partial charge in [0.15, 0.2) is 0 Å². The van der Waals surface area contributed by atoms with Gasteiger partial charge in [0.2, 0.25) is 0 Å². The van der Waals surface area contributed by atoms with Crippen LogP contribution in [0.5, 0.6) is 0 Å². The topological polar surface area (TPSA) is 40.7 Å². The van der Waals surface area contributed by atoms with E-state index in [1.807, 2.05) is 6.20 Å². The smallest absolute Gasteiger partial charge is 0.0671 e. The standard InChI is InChI=1S/C17H17N3/c1-2-7-13-12(5-1)6-3-8-15(13)19-16-9-4-10-17-14(16)11-18-20-17/h1-2,4-5,7,9-11,15,19H,3,6,8H2,(H,18,20). The average molecular weight is 263 g/mol. The molecule has 1 unspecified atom stereocenters. The van der Waals surface area contributed by atoms with Crippen molar-refractivity contribution in [1.82, 2.24) is 10.2 Å². The van der Waals surface area contributed by atoms with E-state index in [1.54, 1.807) is 0 Å². The highest BCUT2D eigenvalue weighted by Gasteiger charge is 2.20. The molecule has 0 radical (unpaired) electrons. The van der Waals surface area contributed by atoms with Crippen molar-refractivity contribution in [1.29, 1.82) is 0 Å². The van der Waals surface area contributed by atoms with Crippen LogP contribution in [0.3, 0.4) is 0 Å². The highest BCUT2D eigenvalue weighted by molar-refractivity contribution is 5.91. The van der Waals surface area contributed by atoms with Gasteiger partial charge in [0.05, 0.1) is 17.8 Å². The molecule has 0 fully saturated rings. The number of aromatic nitrogens is 2. The molecule has 2 aromatic carbocycles. The molecule has 0 aliphatic heterocycles. The molecular formula is C17H17N3. The molecule has 4 rings (SSSR count). The number of fused-ring (bicyclic) bond motifs is 2. The second-order valence-corrected chi connectivity index (χ2v) is 5.42. The van der Waals surface area contributed by atoms with Crippen molar-refractivity contribution in [2.24, 2.45) is 0 Å². The van der Waals surface area contributed by atoms with Crippen LogP contribution in [0.4, 0.5) is 5.69 Å². The molecule has 0 saturated heterocycles. The Morgan fingerprint density at radius 3 is 3.05 bits per heavy atom. The summed E-state index contributed by atoms with van der Waals surface area (Å²) in [5.41, 5.74) is 5.17. The first-order chi connectivity index (χ1) is 9.92.